The SMILES string of the molecule is O=C(N[C@@]1(C(=O)O)CCN(c2nccn3cccc23)C1)c1ccn(-c2ccc(F)cc2)n1. The maximum Gasteiger partial charge on any atom is 0.331 e. The summed E-state index contributed by atoms with van der Waals surface area (Å²) in [5.41, 5.74) is 0.0350. The number of nitrogens with zero attached hydrogens (tertiary/aromatic N) is 5. The first-order valence-electron chi connectivity index (χ1n) is 9.99. The molecule has 9 nitrogen and oxygen atoms in total. The fourth-order valence-corrected chi connectivity index (χ4v) is 3.98. The van der Waals surface area contributed by atoms with Crippen molar-refractivity contribution in [1.82, 2.24) is 24.5 Å². The van der Waals surface area contributed by atoms with E-state index in [4.69, 9.17) is 0 Å². The lowest BCUT2D eigenvalue weighted by Crippen LogP contribution is -2.56. The summed E-state index contributed by atoms with van der Waals surface area (Å²) in [5.74, 6) is -1.42. The maximum atomic E-state index is 13.1. The molecule has 1 aliphatic heterocycles. The van der Waals surface area contributed by atoms with E-state index in [2.05, 4.69) is 15.4 Å². The number of hydrogen-bond donors (Lipinski definition) is 2. The van der Waals surface area contributed by atoms with Gasteiger partial charge in [-0.05, 0) is 42.5 Å². The minimum Gasteiger partial charge on any atom is -0.479 e. The van der Waals surface area contributed by atoms with Crippen LogP contribution in [0.15, 0.2) is 67.3 Å². The third kappa shape index (κ3) is 3.35. The topological polar surface area (TPSA) is 105 Å². The van der Waals surface area contributed by atoms with Crippen molar-refractivity contribution in [2.75, 3.05) is 18.0 Å². The molecule has 1 aliphatic rings. The second-order valence-corrected chi connectivity index (χ2v) is 7.69. The molecule has 1 saturated heterocycles. The number of carboxylic acids is 1. The van der Waals surface area contributed by atoms with Gasteiger partial charge in [-0.2, -0.15) is 5.10 Å². The van der Waals surface area contributed by atoms with Crippen LogP contribution in [0.25, 0.3) is 11.2 Å². The summed E-state index contributed by atoms with van der Waals surface area (Å²) < 4.78 is 16.5. The number of halogens is 1. The molecule has 1 amide bonds. The number of anilines is 1. The Morgan fingerprint density at radius 3 is 2.69 bits per heavy atom. The summed E-state index contributed by atoms with van der Waals surface area (Å²) in [7, 11) is 0. The molecule has 0 unspecified atom stereocenters. The molecule has 0 radical (unpaired) electrons. The average molecular weight is 434 g/mol. The van der Waals surface area contributed by atoms with E-state index in [1.165, 1.54) is 35.0 Å². The van der Waals surface area contributed by atoms with Crippen LogP contribution in [0.1, 0.15) is 16.9 Å². The summed E-state index contributed by atoms with van der Waals surface area (Å²) in [6.45, 7) is 0.499. The van der Waals surface area contributed by atoms with Crippen LogP contribution in [0.5, 0.6) is 0 Å². The van der Waals surface area contributed by atoms with Gasteiger partial charge in [0.2, 0.25) is 0 Å². The highest BCUT2D eigenvalue weighted by Gasteiger charge is 2.47. The fourth-order valence-electron chi connectivity index (χ4n) is 3.98. The number of fused-ring (bicyclic) bond motifs is 1. The van der Waals surface area contributed by atoms with Gasteiger partial charge in [0, 0.05) is 37.8 Å². The van der Waals surface area contributed by atoms with Gasteiger partial charge in [-0.1, -0.05) is 0 Å². The molecule has 1 fully saturated rings. The Morgan fingerprint density at radius 2 is 1.91 bits per heavy atom. The van der Waals surface area contributed by atoms with Gasteiger partial charge in [0.25, 0.3) is 5.91 Å². The summed E-state index contributed by atoms with van der Waals surface area (Å²) in [4.78, 5) is 31.4. The number of rotatable bonds is 5. The third-order valence-electron chi connectivity index (χ3n) is 5.68. The smallest absolute Gasteiger partial charge is 0.331 e. The van der Waals surface area contributed by atoms with Crippen molar-refractivity contribution in [2.24, 2.45) is 0 Å². The highest BCUT2D eigenvalue weighted by molar-refractivity contribution is 5.97. The quantitative estimate of drug-likeness (QED) is 0.499. The second-order valence-electron chi connectivity index (χ2n) is 7.69. The molecule has 2 N–H and O–H groups in total. The second kappa shape index (κ2) is 7.49. The van der Waals surface area contributed by atoms with Crippen LogP contribution in [0.3, 0.4) is 0 Å². The Balaban J connectivity index is 1.37. The molecular formula is C22H19FN6O3. The minimum atomic E-state index is -1.47. The van der Waals surface area contributed by atoms with E-state index in [9.17, 15) is 19.1 Å². The molecule has 5 rings (SSSR count). The predicted molar refractivity (Wildman–Crippen MR) is 113 cm³/mol. The zero-order valence-corrected chi connectivity index (χ0v) is 16.8. The number of carbonyl (C=O) groups is 2. The molecule has 4 aromatic rings. The lowest BCUT2D eigenvalue weighted by molar-refractivity contribution is -0.143. The summed E-state index contributed by atoms with van der Waals surface area (Å²) in [5, 5.41) is 16.9. The van der Waals surface area contributed by atoms with E-state index in [0.717, 1.165) is 5.52 Å². The van der Waals surface area contributed by atoms with Crippen molar-refractivity contribution in [1.29, 1.82) is 0 Å². The van der Waals surface area contributed by atoms with E-state index < -0.39 is 17.4 Å². The molecule has 1 aromatic carbocycles. The van der Waals surface area contributed by atoms with Crippen LogP contribution in [0.4, 0.5) is 10.2 Å². The molecule has 3 aromatic heterocycles. The lowest BCUT2D eigenvalue weighted by Gasteiger charge is -2.26. The van der Waals surface area contributed by atoms with Gasteiger partial charge >= 0.3 is 5.97 Å². The summed E-state index contributed by atoms with van der Waals surface area (Å²) in [6, 6.07) is 10.9. The normalized spacial score (nSPS) is 18.2. The summed E-state index contributed by atoms with van der Waals surface area (Å²) >= 11 is 0. The standard InChI is InChI=1S/C22H19FN6O3/c23-15-3-5-16(6-4-15)29-11-7-17(26-29)20(30)25-22(21(31)32)8-12-28(14-22)19-18-2-1-10-27(18)13-9-24-19/h1-7,9-11,13H,8,12,14H2,(H,25,30)(H,31,32)/t22-/m0/s1. The van der Waals surface area contributed by atoms with Crippen molar-refractivity contribution >= 4 is 23.2 Å². The molecule has 0 aliphatic carbocycles. The van der Waals surface area contributed by atoms with E-state index >= 15 is 0 Å². The Labute approximate surface area is 181 Å². The first-order chi connectivity index (χ1) is 15.4. The van der Waals surface area contributed by atoms with Crippen molar-refractivity contribution in [3.05, 3.63) is 78.8 Å². The molecule has 0 spiro atoms. The molecule has 0 bridgehead atoms. The number of carbonyl (C=O) groups excluding carboxylic acids is 1. The van der Waals surface area contributed by atoms with Gasteiger partial charge in [-0.25, -0.2) is 18.9 Å². The fraction of sp³-hybridized carbons (Fsp3) is 0.182. The van der Waals surface area contributed by atoms with Gasteiger partial charge in [-0.3, -0.25) is 4.79 Å². The van der Waals surface area contributed by atoms with Crippen molar-refractivity contribution < 1.29 is 19.1 Å². The highest BCUT2D eigenvalue weighted by Crippen LogP contribution is 2.29. The number of amides is 1. The molecule has 32 heavy (non-hydrogen) atoms. The zero-order valence-electron chi connectivity index (χ0n) is 16.8. The van der Waals surface area contributed by atoms with Crippen LogP contribution in [-0.2, 0) is 4.79 Å². The van der Waals surface area contributed by atoms with Gasteiger partial charge in [0.15, 0.2) is 17.1 Å². The third-order valence-corrected chi connectivity index (χ3v) is 5.68. The average Bonchev–Trinajstić information content (AvgIpc) is 3.53. The van der Waals surface area contributed by atoms with Crippen LogP contribution in [0.2, 0.25) is 0 Å². The van der Waals surface area contributed by atoms with Crippen molar-refractivity contribution in [3.8, 4) is 5.69 Å². The first-order valence-corrected chi connectivity index (χ1v) is 9.99. The van der Waals surface area contributed by atoms with E-state index in [1.54, 1.807) is 12.4 Å². The largest absolute Gasteiger partial charge is 0.479 e. The Kier molecular flexibility index (Phi) is 4.62. The monoisotopic (exact) mass is 434 g/mol. The summed E-state index contributed by atoms with van der Waals surface area (Å²) in [6.07, 6.45) is 7.15. The Hall–Kier alpha value is -4.21. The van der Waals surface area contributed by atoms with Crippen LogP contribution < -0.4 is 10.2 Å². The number of carboxylic acid groups (broad SMARTS) is 1. The number of nitrogens with one attached hydrogen (secondary N) is 1. The highest BCUT2D eigenvalue weighted by atomic mass is 19.1. The lowest BCUT2D eigenvalue weighted by atomic mass is 9.98. The number of benzene rings is 1. The van der Waals surface area contributed by atoms with Crippen LogP contribution in [-0.4, -0.2) is 54.8 Å². The molecule has 1 atom stereocenters. The Morgan fingerprint density at radius 1 is 1.09 bits per heavy atom. The first kappa shape index (κ1) is 19.7. The molecule has 4 heterocycles. The van der Waals surface area contributed by atoms with Gasteiger partial charge in [-0.15, -0.1) is 0 Å². The van der Waals surface area contributed by atoms with E-state index in [0.29, 0.717) is 18.1 Å². The maximum absolute atomic E-state index is 13.1. The number of hydrogen-bond acceptors (Lipinski definition) is 5. The zero-order chi connectivity index (χ0) is 22.3. The van der Waals surface area contributed by atoms with E-state index in [1.807, 2.05) is 33.8 Å². The van der Waals surface area contributed by atoms with E-state index in [-0.39, 0.29) is 24.5 Å². The molecule has 10 heteroatoms. The van der Waals surface area contributed by atoms with Crippen molar-refractivity contribution in [3.63, 3.8) is 0 Å². The molecule has 0 saturated carbocycles. The number of aromatic nitrogens is 4. The van der Waals surface area contributed by atoms with Crippen LogP contribution in [0, 0.1) is 5.82 Å². The predicted octanol–water partition coefficient (Wildman–Crippen LogP) is 2.12. The van der Waals surface area contributed by atoms with Crippen molar-refractivity contribution in [2.45, 2.75) is 12.0 Å². The minimum absolute atomic E-state index is 0.0696. The van der Waals surface area contributed by atoms with Gasteiger partial charge in [0.1, 0.15) is 5.82 Å². The number of aliphatic carboxylic acids is 1. The molecular weight excluding hydrogens is 415 g/mol. The molecule has 162 valence electrons. The van der Waals surface area contributed by atoms with Gasteiger partial charge < -0.3 is 19.7 Å². The Bertz CT molecular complexity index is 1310. The van der Waals surface area contributed by atoms with Gasteiger partial charge in [0.05, 0.1) is 17.7 Å². The van der Waals surface area contributed by atoms with Crippen LogP contribution >= 0.6 is 0 Å².